The Morgan fingerprint density at radius 3 is 2.50 bits per heavy atom. The lowest BCUT2D eigenvalue weighted by Crippen LogP contribution is -2.37. The van der Waals surface area contributed by atoms with Gasteiger partial charge in [0.1, 0.15) is 0 Å². The molecule has 0 aliphatic heterocycles. The van der Waals surface area contributed by atoms with Gasteiger partial charge in [0.05, 0.1) is 6.61 Å². The van der Waals surface area contributed by atoms with E-state index in [0.717, 1.165) is 37.0 Å². The maximum Gasteiger partial charge on any atom is 0.0587 e. The van der Waals surface area contributed by atoms with E-state index >= 15 is 0 Å². The highest BCUT2D eigenvalue weighted by Crippen LogP contribution is 2.36. The number of rotatable bonds is 6. The smallest absolute Gasteiger partial charge is 0.0587 e. The van der Waals surface area contributed by atoms with Crippen LogP contribution in [0.25, 0.3) is 0 Å². The fourth-order valence-electron chi connectivity index (χ4n) is 2.49. The van der Waals surface area contributed by atoms with Crippen LogP contribution in [0.5, 0.6) is 0 Å². The lowest BCUT2D eigenvalue weighted by Gasteiger charge is -2.30. The summed E-state index contributed by atoms with van der Waals surface area (Å²) in [4.78, 5) is 0. The molecule has 1 aromatic carbocycles. The van der Waals surface area contributed by atoms with E-state index in [1.54, 1.807) is 7.11 Å². The van der Waals surface area contributed by atoms with Crippen LogP contribution in [-0.2, 0) is 10.2 Å². The summed E-state index contributed by atoms with van der Waals surface area (Å²) in [5.74, 6) is 0. The molecule has 0 bridgehead atoms. The van der Waals surface area contributed by atoms with Gasteiger partial charge in [0.25, 0.3) is 0 Å². The van der Waals surface area contributed by atoms with Crippen LogP contribution in [0, 0.1) is 0 Å². The van der Waals surface area contributed by atoms with Gasteiger partial charge in [-0.3, -0.25) is 0 Å². The van der Waals surface area contributed by atoms with Crippen LogP contribution in [0.2, 0.25) is 0 Å². The molecule has 0 aromatic heterocycles. The van der Waals surface area contributed by atoms with Crippen LogP contribution in [-0.4, -0.2) is 26.8 Å². The Bertz CT molecular complexity index is 391. The molecular weight excluding hydrogens is 290 g/mol. The molecule has 1 aliphatic rings. The van der Waals surface area contributed by atoms with E-state index in [1.165, 1.54) is 5.56 Å². The third-order valence-corrected chi connectivity index (χ3v) is 4.12. The molecule has 0 saturated carbocycles. The molecule has 0 spiro atoms. The summed E-state index contributed by atoms with van der Waals surface area (Å²) in [5, 5.41) is 3.51. The molecule has 0 heterocycles. The van der Waals surface area contributed by atoms with Crippen molar-refractivity contribution in [3.8, 4) is 0 Å². The SMILES string of the molecule is COCCNCC1(c2ccc(Br)cc2)CC=CC1. The van der Waals surface area contributed by atoms with Gasteiger partial charge in [0.2, 0.25) is 0 Å². The first-order chi connectivity index (χ1) is 8.77. The van der Waals surface area contributed by atoms with Crippen molar-refractivity contribution in [3.05, 3.63) is 46.5 Å². The summed E-state index contributed by atoms with van der Waals surface area (Å²) in [7, 11) is 1.74. The van der Waals surface area contributed by atoms with Crippen molar-refractivity contribution in [2.24, 2.45) is 0 Å². The molecule has 0 saturated heterocycles. The zero-order valence-electron chi connectivity index (χ0n) is 10.8. The van der Waals surface area contributed by atoms with E-state index < -0.39 is 0 Å². The molecule has 0 atom stereocenters. The van der Waals surface area contributed by atoms with Gasteiger partial charge in [0.15, 0.2) is 0 Å². The fraction of sp³-hybridized carbons (Fsp3) is 0.467. The maximum atomic E-state index is 5.08. The van der Waals surface area contributed by atoms with Gasteiger partial charge in [-0.05, 0) is 30.5 Å². The minimum atomic E-state index is 0.231. The zero-order chi connectivity index (χ0) is 12.8. The van der Waals surface area contributed by atoms with Gasteiger partial charge >= 0.3 is 0 Å². The minimum Gasteiger partial charge on any atom is -0.383 e. The van der Waals surface area contributed by atoms with Crippen molar-refractivity contribution < 1.29 is 4.74 Å². The Morgan fingerprint density at radius 2 is 1.89 bits per heavy atom. The van der Waals surface area contributed by atoms with E-state index in [9.17, 15) is 0 Å². The Kier molecular flexibility index (Phi) is 4.98. The van der Waals surface area contributed by atoms with Crippen molar-refractivity contribution in [1.29, 1.82) is 0 Å². The Hall–Kier alpha value is -0.640. The molecule has 0 unspecified atom stereocenters. The molecule has 0 fully saturated rings. The molecule has 1 aromatic rings. The molecule has 2 rings (SSSR count). The van der Waals surface area contributed by atoms with E-state index in [0.29, 0.717) is 0 Å². The van der Waals surface area contributed by atoms with Gasteiger partial charge < -0.3 is 10.1 Å². The number of ether oxygens (including phenoxy) is 1. The highest BCUT2D eigenvalue weighted by Gasteiger charge is 2.32. The monoisotopic (exact) mass is 309 g/mol. The molecule has 98 valence electrons. The normalized spacial score (nSPS) is 17.2. The Morgan fingerprint density at radius 1 is 1.22 bits per heavy atom. The molecule has 1 N–H and O–H groups in total. The van der Waals surface area contributed by atoms with Crippen molar-refractivity contribution in [2.45, 2.75) is 18.3 Å². The predicted molar refractivity (Wildman–Crippen MR) is 78.9 cm³/mol. The summed E-state index contributed by atoms with van der Waals surface area (Å²) in [6.45, 7) is 2.68. The van der Waals surface area contributed by atoms with Crippen molar-refractivity contribution in [2.75, 3.05) is 26.8 Å². The first kappa shape index (κ1) is 13.8. The van der Waals surface area contributed by atoms with Gasteiger partial charge in [-0.1, -0.05) is 40.2 Å². The summed E-state index contributed by atoms with van der Waals surface area (Å²) in [6, 6.07) is 8.72. The number of benzene rings is 1. The van der Waals surface area contributed by atoms with Crippen LogP contribution >= 0.6 is 15.9 Å². The summed E-state index contributed by atoms with van der Waals surface area (Å²) in [5.41, 5.74) is 1.65. The molecule has 1 aliphatic carbocycles. The van der Waals surface area contributed by atoms with Crippen LogP contribution in [0.1, 0.15) is 18.4 Å². The quantitative estimate of drug-likeness (QED) is 0.643. The fourth-order valence-corrected chi connectivity index (χ4v) is 2.75. The lowest BCUT2D eigenvalue weighted by molar-refractivity contribution is 0.196. The molecular formula is C15H20BrNO. The minimum absolute atomic E-state index is 0.231. The second-order valence-electron chi connectivity index (χ2n) is 4.84. The number of nitrogens with one attached hydrogen (secondary N) is 1. The maximum absolute atomic E-state index is 5.08. The summed E-state index contributed by atoms with van der Waals surface area (Å²) >= 11 is 3.50. The average molecular weight is 310 g/mol. The highest BCUT2D eigenvalue weighted by atomic mass is 79.9. The number of methoxy groups -OCH3 is 1. The average Bonchev–Trinajstić information content (AvgIpc) is 2.85. The third-order valence-electron chi connectivity index (χ3n) is 3.59. The van der Waals surface area contributed by atoms with Crippen LogP contribution in [0.4, 0.5) is 0 Å². The summed E-state index contributed by atoms with van der Waals surface area (Å²) < 4.78 is 6.22. The Balaban J connectivity index is 2.04. The molecule has 0 radical (unpaired) electrons. The first-order valence-electron chi connectivity index (χ1n) is 6.37. The van der Waals surface area contributed by atoms with Gasteiger partial charge in [-0.25, -0.2) is 0 Å². The predicted octanol–water partition coefficient (Wildman–Crippen LogP) is 3.27. The van der Waals surface area contributed by atoms with Gasteiger partial charge in [0, 0.05) is 30.1 Å². The van der Waals surface area contributed by atoms with E-state index in [2.05, 4.69) is 57.7 Å². The molecule has 18 heavy (non-hydrogen) atoms. The Labute approximate surface area is 118 Å². The molecule has 0 amide bonds. The van der Waals surface area contributed by atoms with Crippen LogP contribution in [0.15, 0.2) is 40.9 Å². The largest absolute Gasteiger partial charge is 0.383 e. The lowest BCUT2D eigenvalue weighted by atomic mass is 9.78. The van der Waals surface area contributed by atoms with E-state index in [1.807, 2.05) is 0 Å². The second-order valence-corrected chi connectivity index (χ2v) is 5.75. The topological polar surface area (TPSA) is 21.3 Å². The number of allylic oxidation sites excluding steroid dienone is 2. The standard InChI is InChI=1S/C15H20BrNO/c1-18-11-10-17-12-15(8-2-3-9-15)13-4-6-14(16)7-5-13/h2-7,17H,8-12H2,1H3. The van der Waals surface area contributed by atoms with Crippen molar-refractivity contribution in [3.63, 3.8) is 0 Å². The van der Waals surface area contributed by atoms with E-state index in [4.69, 9.17) is 4.74 Å². The number of hydrogen-bond acceptors (Lipinski definition) is 2. The van der Waals surface area contributed by atoms with Gasteiger partial charge in [-0.15, -0.1) is 0 Å². The van der Waals surface area contributed by atoms with Crippen LogP contribution in [0.3, 0.4) is 0 Å². The highest BCUT2D eigenvalue weighted by molar-refractivity contribution is 9.10. The zero-order valence-corrected chi connectivity index (χ0v) is 12.4. The van der Waals surface area contributed by atoms with E-state index in [-0.39, 0.29) is 5.41 Å². The van der Waals surface area contributed by atoms with Gasteiger partial charge in [-0.2, -0.15) is 0 Å². The van der Waals surface area contributed by atoms with Crippen molar-refractivity contribution in [1.82, 2.24) is 5.32 Å². The molecule has 2 nitrogen and oxygen atoms in total. The number of halogens is 1. The first-order valence-corrected chi connectivity index (χ1v) is 7.17. The molecule has 3 heteroatoms. The second kappa shape index (κ2) is 6.50. The third kappa shape index (κ3) is 3.22. The van der Waals surface area contributed by atoms with Crippen molar-refractivity contribution >= 4 is 15.9 Å². The van der Waals surface area contributed by atoms with Crippen LogP contribution < -0.4 is 5.32 Å². The number of hydrogen-bond donors (Lipinski definition) is 1. The summed E-state index contributed by atoms with van der Waals surface area (Å²) in [6.07, 6.45) is 6.82.